The van der Waals surface area contributed by atoms with Crippen molar-refractivity contribution in [2.75, 3.05) is 12.9 Å². The van der Waals surface area contributed by atoms with Gasteiger partial charge in [0.25, 0.3) is 0 Å². The Morgan fingerprint density at radius 1 is 1.38 bits per heavy atom. The van der Waals surface area contributed by atoms with Crippen LogP contribution in [0.2, 0.25) is 5.02 Å². The normalized spacial score (nSPS) is 15.6. The predicted molar refractivity (Wildman–Crippen MR) is 89.5 cm³/mol. The van der Waals surface area contributed by atoms with E-state index >= 15 is 0 Å². The lowest BCUT2D eigenvalue weighted by atomic mass is 9.91. The van der Waals surface area contributed by atoms with Gasteiger partial charge in [0.2, 0.25) is 0 Å². The fourth-order valence-electron chi connectivity index (χ4n) is 2.38. The number of sulfone groups is 1. The van der Waals surface area contributed by atoms with Crippen LogP contribution in [0, 0.1) is 17.2 Å². The molecule has 0 saturated heterocycles. The van der Waals surface area contributed by atoms with Crippen molar-refractivity contribution in [2.24, 2.45) is 11.8 Å². The molecule has 1 N–H and O–H groups in total. The smallest absolute Gasteiger partial charge is 0.199 e. The summed E-state index contributed by atoms with van der Waals surface area (Å²) in [6.07, 6.45) is 2.30. The van der Waals surface area contributed by atoms with E-state index < -0.39 is 33.2 Å². The number of benzene rings is 1. The molecular formula is C16H18ClNO5S. The molecule has 1 aliphatic rings. The second kappa shape index (κ2) is 7.03. The molecule has 0 radical (unpaired) electrons. The van der Waals surface area contributed by atoms with Crippen molar-refractivity contribution in [2.45, 2.75) is 24.7 Å². The van der Waals surface area contributed by atoms with Gasteiger partial charge in [-0.1, -0.05) is 11.6 Å². The molecule has 1 saturated carbocycles. The standard InChI is InChI=1S/C16H18ClNO5S/c1-3-23-16(18)13(14(19)9-4-5-9)15(20)11-7-6-10(17)8-12(11)24(2,21)22/h6-9,13,18H,3-5H2,1-2H3. The number of halogens is 1. The van der Waals surface area contributed by atoms with Crippen LogP contribution < -0.4 is 0 Å². The summed E-state index contributed by atoms with van der Waals surface area (Å²) in [6.45, 7) is 1.78. The molecule has 0 bridgehead atoms. The number of hydrogen-bond acceptors (Lipinski definition) is 6. The molecule has 0 aliphatic heterocycles. The number of nitrogens with one attached hydrogen (secondary N) is 1. The molecule has 24 heavy (non-hydrogen) atoms. The number of hydrogen-bond donors (Lipinski definition) is 1. The van der Waals surface area contributed by atoms with E-state index in [1.165, 1.54) is 18.2 Å². The fraction of sp³-hybridized carbons (Fsp3) is 0.438. The Morgan fingerprint density at radius 2 is 2.00 bits per heavy atom. The van der Waals surface area contributed by atoms with Crippen LogP contribution in [0.1, 0.15) is 30.1 Å². The van der Waals surface area contributed by atoms with E-state index in [0.29, 0.717) is 12.8 Å². The van der Waals surface area contributed by atoms with Crippen LogP contribution in [0.25, 0.3) is 0 Å². The molecule has 1 atom stereocenters. The van der Waals surface area contributed by atoms with E-state index in [-0.39, 0.29) is 28.0 Å². The molecule has 1 fully saturated rings. The molecule has 6 nitrogen and oxygen atoms in total. The van der Waals surface area contributed by atoms with E-state index in [2.05, 4.69) is 0 Å². The average molecular weight is 372 g/mol. The third-order valence-electron chi connectivity index (χ3n) is 3.70. The maximum absolute atomic E-state index is 12.9. The SMILES string of the molecule is CCOC(=N)C(C(=O)c1ccc(Cl)cc1S(C)(=O)=O)C(=O)C1CC1. The second-order valence-corrected chi connectivity index (χ2v) is 8.10. The Labute approximate surface area is 145 Å². The molecule has 1 aromatic carbocycles. The summed E-state index contributed by atoms with van der Waals surface area (Å²) >= 11 is 5.83. The molecule has 0 spiro atoms. The first kappa shape index (κ1) is 18.6. The van der Waals surface area contributed by atoms with Gasteiger partial charge in [0.1, 0.15) is 0 Å². The number of Topliss-reactive ketones (excluding diaryl/α,β-unsaturated/α-hetero) is 2. The number of ketones is 2. The zero-order valence-electron chi connectivity index (χ0n) is 13.3. The maximum Gasteiger partial charge on any atom is 0.199 e. The van der Waals surface area contributed by atoms with Crippen LogP contribution in [0.3, 0.4) is 0 Å². The van der Waals surface area contributed by atoms with Gasteiger partial charge in [0.15, 0.2) is 33.2 Å². The highest BCUT2D eigenvalue weighted by molar-refractivity contribution is 7.90. The first-order valence-electron chi connectivity index (χ1n) is 7.45. The van der Waals surface area contributed by atoms with Crippen molar-refractivity contribution in [1.29, 1.82) is 5.41 Å². The Balaban J connectivity index is 2.50. The second-order valence-electron chi connectivity index (χ2n) is 5.68. The summed E-state index contributed by atoms with van der Waals surface area (Å²) in [5.74, 6) is -3.28. The van der Waals surface area contributed by atoms with Crippen LogP contribution in [0.4, 0.5) is 0 Å². The lowest BCUT2D eigenvalue weighted by Gasteiger charge is -2.17. The van der Waals surface area contributed by atoms with Gasteiger partial charge in [-0.05, 0) is 38.0 Å². The van der Waals surface area contributed by atoms with Crippen molar-refractivity contribution in [3.05, 3.63) is 28.8 Å². The van der Waals surface area contributed by atoms with Crippen molar-refractivity contribution < 1.29 is 22.7 Å². The highest BCUT2D eigenvalue weighted by Crippen LogP contribution is 2.34. The van der Waals surface area contributed by atoms with Crippen molar-refractivity contribution >= 4 is 38.9 Å². The van der Waals surface area contributed by atoms with Crippen molar-refractivity contribution in [3.8, 4) is 0 Å². The van der Waals surface area contributed by atoms with Gasteiger partial charge in [0, 0.05) is 22.8 Å². The van der Waals surface area contributed by atoms with Crippen LogP contribution in [0.5, 0.6) is 0 Å². The summed E-state index contributed by atoms with van der Waals surface area (Å²) in [4.78, 5) is 25.1. The monoisotopic (exact) mass is 371 g/mol. The minimum Gasteiger partial charge on any atom is -0.481 e. The molecule has 1 aromatic rings. The Bertz CT molecular complexity index is 799. The molecule has 0 heterocycles. The maximum atomic E-state index is 12.9. The lowest BCUT2D eigenvalue weighted by Crippen LogP contribution is -2.35. The summed E-state index contributed by atoms with van der Waals surface area (Å²) in [5, 5.41) is 8.07. The van der Waals surface area contributed by atoms with Crippen LogP contribution in [-0.4, -0.2) is 38.7 Å². The molecule has 130 valence electrons. The number of carbonyl (C=O) groups excluding carboxylic acids is 2. The topological polar surface area (TPSA) is 101 Å². The molecule has 2 rings (SSSR count). The van der Waals surface area contributed by atoms with Gasteiger partial charge in [0.05, 0.1) is 11.5 Å². The zero-order chi connectivity index (χ0) is 18.1. The van der Waals surface area contributed by atoms with E-state index in [1.807, 2.05) is 0 Å². The number of ether oxygens (including phenoxy) is 1. The highest BCUT2D eigenvalue weighted by atomic mass is 35.5. The van der Waals surface area contributed by atoms with Gasteiger partial charge in [-0.25, -0.2) is 8.42 Å². The third-order valence-corrected chi connectivity index (χ3v) is 5.07. The quantitative estimate of drug-likeness (QED) is 0.343. The molecule has 0 aromatic heterocycles. The first-order valence-corrected chi connectivity index (χ1v) is 9.72. The Morgan fingerprint density at radius 3 is 2.50 bits per heavy atom. The van der Waals surface area contributed by atoms with E-state index in [0.717, 1.165) is 6.26 Å². The molecule has 0 amide bonds. The Hall–Kier alpha value is -1.73. The Kier molecular flexibility index (Phi) is 5.45. The van der Waals surface area contributed by atoms with E-state index in [1.54, 1.807) is 6.92 Å². The van der Waals surface area contributed by atoms with Gasteiger partial charge >= 0.3 is 0 Å². The number of rotatable bonds is 7. The zero-order valence-corrected chi connectivity index (χ0v) is 14.9. The van der Waals surface area contributed by atoms with Crippen LogP contribution >= 0.6 is 11.6 Å². The van der Waals surface area contributed by atoms with Gasteiger partial charge in [-0.2, -0.15) is 0 Å². The van der Waals surface area contributed by atoms with Crippen LogP contribution in [0.15, 0.2) is 23.1 Å². The number of carbonyl (C=O) groups is 2. The molecule has 1 unspecified atom stereocenters. The van der Waals surface area contributed by atoms with Crippen LogP contribution in [-0.2, 0) is 19.4 Å². The minimum absolute atomic E-state index is 0.139. The lowest BCUT2D eigenvalue weighted by molar-refractivity contribution is -0.121. The molecular weight excluding hydrogens is 354 g/mol. The predicted octanol–water partition coefficient (Wildman–Crippen LogP) is 2.54. The van der Waals surface area contributed by atoms with E-state index in [4.69, 9.17) is 21.7 Å². The fourth-order valence-corrected chi connectivity index (χ4v) is 3.53. The highest BCUT2D eigenvalue weighted by Gasteiger charge is 2.42. The van der Waals surface area contributed by atoms with Crippen molar-refractivity contribution in [1.82, 2.24) is 0 Å². The summed E-state index contributed by atoms with van der Waals surface area (Å²) in [7, 11) is -3.73. The summed E-state index contributed by atoms with van der Waals surface area (Å²) in [6, 6.07) is 3.83. The van der Waals surface area contributed by atoms with Crippen molar-refractivity contribution in [3.63, 3.8) is 0 Å². The minimum atomic E-state index is -3.73. The average Bonchev–Trinajstić information content (AvgIpc) is 3.31. The first-order chi connectivity index (χ1) is 11.2. The van der Waals surface area contributed by atoms with Gasteiger partial charge in [-0.3, -0.25) is 15.0 Å². The largest absolute Gasteiger partial charge is 0.481 e. The van der Waals surface area contributed by atoms with Gasteiger partial charge in [-0.15, -0.1) is 0 Å². The summed E-state index contributed by atoms with van der Waals surface area (Å²) < 4.78 is 29.0. The van der Waals surface area contributed by atoms with Gasteiger partial charge < -0.3 is 4.74 Å². The van der Waals surface area contributed by atoms with E-state index in [9.17, 15) is 18.0 Å². The molecule has 1 aliphatic carbocycles. The third kappa shape index (κ3) is 4.02. The summed E-state index contributed by atoms with van der Waals surface area (Å²) in [5.41, 5.74) is -0.148. The molecule has 8 heteroatoms.